The Morgan fingerprint density at radius 2 is 1.56 bits per heavy atom. The first-order chi connectivity index (χ1) is 12.1. The lowest BCUT2D eigenvalue weighted by Gasteiger charge is -2.13. The summed E-state index contributed by atoms with van der Waals surface area (Å²) in [7, 11) is 0. The van der Waals surface area contributed by atoms with E-state index >= 15 is 0 Å². The molecule has 0 fully saturated rings. The van der Waals surface area contributed by atoms with Crippen molar-refractivity contribution in [1.29, 1.82) is 0 Å². The zero-order valence-electron chi connectivity index (χ0n) is 13.0. The number of imide groups is 1. The van der Waals surface area contributed by atoms with E-state index in [2.05, 4.69) is 4.98 Å². The summed E-state index contributed by atoms with van der Waals surface area (Å²) >= 11 is 0. The summed E-state index contributed by atoms with van der Waals surface area (Å²) in [5.74, 6) is -1.97. The van der Waals surface area contributed by atoms with Crippen LogP contribution in [0.3, 0.4) is 0 Å². The van der Waals surface area contributed by atoms with Crippen LogP contribution in [0.25, 0.3) is 10.8 Å². The zero-order chi connectivity index (χ0) is 17.4. The summed E-state index contributed by atoms with van der Waals surface area (Å²) in [6.07, 6.45) is 3.18. The van der Waals surface area contributed by atoms with Crippen molar-refractivity contribution < 1.29 is 19.2 Å². The predicted octanol–water partition coefficient (Wildman–Crippen LogP) is 2.53. The Hall–Kier alpha value is -3.54. The first kappa shape index (κ1) is 15.0. The van der Waals surface area contributed by atoms with Gasteiger partial charge < -0.3 is 4.84 Å². The lowest BCUT2D eigenvalue weighted by atomic mass is 10.1. The Morgan fingerprint density at radius 3 is 2.28 bits per heavy atom. The monoisotopic (exact) mass is 332 g/mol. The molecule has 0 radical (unpaired) electrons. The summed E-state index contributed by atoms with van der Waals surface area (Å²) < 4.78 is 0. The standard InChI is InChI=1S/C19H12N2O4/c22-17(9-13-11-20-10-12-5-1-2-6-14(12)13)25-21-18(23)15-7-3-4-8-16(15)19(21)24/h1-8,10-11H,9H2. The molecule has 1 aromatic heterocycles. The van der Waals surface area contributed by atoms with Gasteiger partial charge in [0, 0.05) is 17.8 Å². The number of amides is 2. The van der Waals surface area contributed by atoms with Crippen molar-refractivity contribution in [3.8, 4) is 0 Å². The van der Waals surface area contributed by atoms with Crippen LogP contribution in [0.5, 0.6) is 0 Å². The van der Waals surface area contributed by atoms with Crippen LogP contribution in [-0.2, 0) is 16.1 Å². The number of fused-ring (bicyclic) bond motifs is 2. The Balaban J connectivity index is 1.55. The molecule has 2 amide bonds. The highest BCUT2D eigenvalue weighted by Crippen LogP contribution is 2.23. The minimum absolute atomic E-state index is 0.0955. The van der Waals surface area contributed by atoms with Gasteiger partial charge in [0.2, 0.25) is 0 Å². The second kappa shape index (κ2) is 5.83. The van der Waals surface area contributed by atoms with Crippen molar-refractivity contribution in [2.45, 2.75) is 6.42 Å². The van der Waals surface area contributed by atoms with Crippen molar-refractivity contribution in [1.82, 2.24) is 10.0 Å². The number of benzene rings is 2. The third kappa shape index (κ3) is 2.53. The van der Waals surface area contributed by atoms with Gasteiger partial charge in [-0.2, -0.15) is 0 Å². The van der Waals surface area contributed by atoms with Crippen LogP contribution in [0, 0.1) is 0 Å². The molecule has 4 rings (SSSR count). The van der Waals surface area contributed by atoms with Crippen molar-refractivity contribution in [2.24, 2.45) is 0 Å². The number of pyridine rings is 1. The summed E-state index contributed by atoms with van der Waals surface area (Å²) in [4.78, 5) is 45.8. The highest BCUT2D eigenvalue weighted by atomic mass is 16.7. The molecule has 6 heteroatoms. The molecule has 0 aliphatic carbocycles. The van der Waals surface area contributed by atoms with Crippen LogP contribution in [0.15, 0.2) is 60.9 Å². The van der Waals surface area contributed by atoms with Gasteiger partial charge in [0.25, 0.3) is 11.8 Å². The van der Waals surface area contributed by atoms with E-state index in [1.54, 1.807) is 24.5 Å². The third-order valence-electron chi connectivity index (χ3n) is 4.04. The van der Waals surface area contributed by atoms with Crippen molar-refractivity contribution in [2.75, 3.05) is 0 Å². The number of carbonyl (C=O) groups excluding carboxylic acids is 3. The van der Waals surface area contributed by atoms with E-state index in [0.29, 0.717) is 10.6 Å². The molecule has 0 spiro atoms. The molecular formula is C19H12N2O4. The van der Waals surface area contributed by atoms with E-state index in [4.69, 9.17) is 4.84 Å². The largest absolute Gasteiger partial charge is 0.337 e. The molecule has 1 aliphatic rings. The van der Waals surface area contributed by atoms with Gasteiger partial charge in [-0.25, -0.2) is 4.79 Å². The fourth-order valence-corrected chi connectivity index (χ4v) is 2.86. The lowest BCUT2D eigenvalue weighted by molar-refractivity contribution is -0.167. The van der Waals surface area contributed by atoms with Gasteiger partial charge in [0.1, 0.15) is 0 Å². The summed E-state index contributed by atoms with van der Waals surface area (Å²) in [6, 6.07) is 13.9. The smallest absolute Gasteiger partial charge is 0.329 e. The van der Waals surface area contributed by atoms with E-state index < -0.39 is 17.8 Å². The van der Waals surface area contributed by atoms with Gasteiger partial charge in [-0.1, -0.05) is 41.5 Å². The molecule has 2 heterocycles. The van der Waals surface area contributed by atoms with Gasteiger partial charge >= 0.3 is 5.97 Å². The van der Waals surface area contributed by atoms with E-state index in [1.165, 1.54) is 12.1 Å². The minimum Gasteiger partial charge on any atom is -0.329 e. The van der Waals surface area contributed by atoms with Gasteiger partial charge in [-0.15, -0.1) is 0 Å². The molecule has 25 heavy (non-hydrogen) atoms. The van der Waals surface area contributed by atoms with E-state index in [9.17, 15) is 14.4 Å². The van der Waals surface area contributed by atoms with Gasteiger partial charge in [0.15, 0.2) is 0 Å². The maximum absolute atomic E-state index is 12.3. The van der Waals surface area contributed by atoms with Crippen molar-refractivity contribution in [3.05, 3.63) is 77.6 Å². The SMILES string of the molecule is O=C(Cc1cncc2ccccc12)ON1C(=O)c2ccccc2C1=O. The van der Waals surface area contributed by atoms with Crippen LogP contribution >= 0.6 is 0 Å². The number of rotatable bonds is 3. The zero-order valence-corrected chi connectivity index (χ0v) is 13.0. The molecule has 0 saturated heterocycles. The predicted molar refractivity (Wildman–Crippen MR) is 88.5 cm³/mol. The third-order valence-corrected chi connectivity index (χ3v) is 4.04. The number of aromatic nitrogens is 1. The number of hydrogen-bond donors (Lipinski definition) is 0. The van der Waals surface area contributed by atoms with Crippen molar-refractivity contribution in [3.63, 3.8) is 0 Å². The minimum atomic E-state index is -0.701. The molecule has 0 atom stereocenters. The van der Waals surface area contributed by atoms with Crippen LogP contribution in [0.4, 0.5) is 0 Å². The fourth-order valence-electron chi connectivity index (χ4n) is 2.86. The van der Waals surface area contributed by atoms with Crippen LogP contribution in [0.1, 0.15) is 26.3 Å². The molecule has 0 N–H and O–H groups in total. The normalized spacial score (nSPS) is 13.2. The van der Waals surface area contributed by atoms with Gasteiger partial charge in [0.05, 0.1) is 17.5 Å². The second-order valence-corrected chi connectivity index (χ2v) is 5.61. The van der Waals surface area contributed by atoms with E-state index in [-0.39, 0.29) is 17.5 Å². The number of hydrogen-bond acceptors (Lipinski definition) is 5. The maximum Gasteiger partial charge on any atom is 0.337 e. The molecule has 0 bridgehead atoms. The molecule has 122 valence electrons. The quantitative estimate of drug-likeness (QED) is 0.689. The fraction of sp³-hybridized carbons (Fsp3) is 0.0526. The molecule has 2 aromatic carbocycles. The summed E-state index contributed by atoms with van der Waals surface area (Å²) in [6.45, 7) is 0. The summed E-state index contributed by atoms with van der Waals surface area (Å²) in [5.41, 5.74) is 1.12. The van der Waals surface area contributed by atoms with Gasteiger partial charge in [-0.3, -0.25) is 14.6 Å². The molecule has 6 nitrogen and oxygen atoms in total. The van der Waals surface area contributed by atoms with Crippen molar-refractivity contribution >= 4 is 28.6 Å². The molecule has 1 aliphatic heterocycles. The Kier molecular flexibility index (Phi) is 3.50. The number of carbonyl (C=O) groups is 3. The Morgan fingerprint density at radius 1 is 0.920 bits per heavy atom. The first-order valence-electron chi connectivity index (χ1n) is 7.65. The molecule has 3 aromatic rings. The van der Waals surface area contributed by atoms with Gasteiger partial charge in [-0.05, 0) is 23.1 Å². The first-order valence-corrected chi connectivity index (χ1v) is 7.65. The highest BCUT2D eigenvalue weighted by Gasteiger charge is 2.38. The lowest BCUT2D eigenvalue weighted by Crippen LogP contribution is -2.33. The average Bonchev–Trinajstić information content (AvgIpc) is 2.87. The maximum atomic E-state index is 12.3. The summed E-state index contributed by atoms with van der Waals surface area (Å²) in [5, 5.41) is 2.29. The topological polar surface area (TPSA) is 76.6 Å². The van der Waals surface area contributed by atoms with Crippen LogP contribution in [0.2, 0.25) is 0 Å². The molecule has 0 saturated carbocycles. The van der Waals surface area contributed by atoms with E-state index in [1.807, 2.05) is 24.3 Å². The Labute approximate surface area is 142 Å². The average molecular weight is 332 g/mol. The van der Waals surface area contributed by atoms with Crippen LogP contribution in [-0.4, -0.2) is 27.8 Å². The van der Waals surface area contributed by atoms with E-state index in [0.717, 1.165) is 10.8 Å². The highest BCUT2D eigenvalue weighted by molar-refractivity contribution is 6.20. The molecule has 0 unspecified atom stereocenters. The Bertz CT molecular complexity index is 988. The molecular weight excluding hydrogens is 320 g/mol. The van der Waals surface area contributed by atoms with Crippen LogP contribution < -0.4 is 0 Å². The number of hydroxylamine groups is 2. The second-order valence-electron chi connectivity index (χ2n) is 5.61. The number of nitrogens with zero attached hydrogens (tertiary/aromatic N) is 2.